The molecule has 0 saturated carbocycles. The molecule has 0 atom stereocenters. The Morgan fingerprint density at radius 1 is 0.913 bits per heavy atom. The topological polar surface area (TPSA) is 85.2 Å². The van der Waals surface area contributed by atoms with Crippen molar-refractivity contribution in [2.75, 3.05) is 13.2 Å². The van der Waals surface area contributed by atoms with Crippen LogP contribution in [0.3, 0.4) is 0 Å². The fourth-order valence-corrected chi connectivity index (χ4v) is 2.10. The van der Waals surface area contributed by atoms with E-state index in [1.165, 1.54) is 0 Å². The summed E-state index contributed by atoms with van der Waals surface area (Å²) < 4.78 is 16.3. The highest BCUT2D eigenvalue weighted by Gasteiger charge is 2.24. The summed E-state index contributed by atoms with van der Waals surface area (Å²) in [5, 5.41) is 19.1. The van der Waals surface area contributed by atoms with Crippen molar-refractivity contribution in [2.24, 2.45) is 0 Å². The first kappa shape index (κ1) is 18.9. The van der Waals surface area contributed by atoms with Crippen molar-refractivity contribution in [3.05, 3.63) is 11.1 Å². The number of hydrogen-bond donors (Lipinski definition) is 2. The molecular formula is C17H26O6. The van der Waals surface area contributed by atoms with Gasteiger partial charge in [-0.05, 0) is 26.7 Å². The number of benzene rings is 1. The van der Waals surface area contributed by atoms with Crippen molar-refractivity contribution in [1.29, 1.82) is 0 Å². The van der Waals surface area contributed by atoms with Crippen LogP contribution in [0.5, 0.6) is 23.0 Å². The maximum atomic E-state index is 10.8. The molecule has 0 heterocycles. The Kier molecular flexibility index (Phi) is 7.51. The highest BCUT2D eigenvalue weighted by molar-refractivity contribution is 5.70. The molecule has 2 N–H and O–H groups in total. The Morgan fingerprint density at radius 3 is 1.83 bits per heavy atom. The van der Waals surface area contributed by atoms with E-state index in [1.807, 2.05) is 0 Å². The van der Waals surface area contributed by atoms with E-state index in [4.69, 9.17) is 19.3 Å². The number of carbonyl (C=O) groups is 1. The molecule has 0 aliphatic rings. The van der Waals surface area contributed by atoms with Crippen molar-refractivity contribution in [3.63, 3.8) is 0 Å². The van der Waals surface area contributed by atoms with Gasteiger partial charge >= 0.3 is 6.16 Å². The van der Waals surface area contributed by atoms with Gasteiger partial charge in [0.05, 0.1) is 13.2 Å². The lowest BCUT2D eigenvalue weighted by molar-refractivity contribution is 0.142. The highest BCUT2D eigenvalue weighted by atomic mass is 16.7. The molecule has 0 radical (unpaired) electrons. The smallest absolute Gasteiger partial charge is 0.504 e. The van der Waals surface area contributed by atoms with Crippen LogP contribution in [-0.4, -0.2) is 29.6 Å². The fraction of sp³-hybridized carbons (Fsp3) is 0.588. The van der Waals surface area contributed by atoms with Crippen molar-refractivity contribution in [2.45, 2.75) is 53.4 Å². The first-order chi connectivity index (χ1) is 10.9. The van der Waals surface area contributed by atoms with Gasteiger partial charge in [-0.1, -0.05) is 26.7 Å². The Balaban J connectivity index is 3.26. The quantitative estimate of drug-likeness (QED) is 0.397. The van der Waals surface area contributed by atoms with Gasteiger partial charge in [0.25, 0.3) is 0 Å². The zero-order valence-corrected chi connectivity index (χ0v) is 14.3. The number of rotatable bonds is 9. The van der Waals surface area contributed by atoms with E-state index in [1.54, 1.807) is 13.8 Å². The lowest BCUT2D eigenvalue weighted by atomic mass is 10.1. The second-order valence-corrected chi connectivity index (χ2v) is 5.36. The van der Waals surface area contributed by atoms with Crippen LogP contribution in [0, 0.1) is 13.8 Å². The third kappa shape index (κ3) is 4.94. The largest absolute Gasteiger partial charge is 0.511 e. The van der Waals surface area contributed by atoms with Gasteiger partial charge in [-0.2, -0.15) is 0 Å². The molecule has 0 unspecified atom stereocenters. The van der Waals surface area contributed by atoms with Gasteiger partial charge in [-0.15, -0.1) is 0 Å². The average molecular weight is 326 g/mol. The number of carboxylic acid groups (broad SMARTS) is 1. The fourth-order valence-electron chi connectivity index (χ4n) is 2.10. The van der Waals surface area contributed by atoms with E-state index in [0.717, 1.165) is 25.7 Å². The maximum absolute atomic E-state index is 10.8. The van der Waals surface area contributed by atoms with E-state index in [9.17, 15) is 9.90 Å². The molecule has 130 valence electrons. The van der Waals surface area contributed by atoms with Crippen molar-refractivity contribution >= 4 is 6.16 Å². The molecule has 1 aromatic rings. The molecular weight excluding hydrogens is 300 g/mol. The van der Waals surface area contributed by atoms with Crippen LogP contribution in [0.15, 0.2) is 0 Å². The van der Waals surface area contributed by atoms with Crippen molar-refractivity contribution in [3.8, 4) is 23.0 Å². The summed E-state index contributed by atoms with van der Waals surface area (Å²) in [6.45, 7) is 8.39. The third-order valence-electron chi connectivity index (χ3n) is 3.48. The van der Waals surface area contributed by atoms with E-state index in [2.05, 4.69) is 13.8 Å². The molecule has 23 heavy (non-hydrogen) atoms. The molecule has 0 aliphatic carbocycles. The first-order valence-electron chi connectivity index (χ1n) is 7.96. The highest BCUT2D eigenvalue weighted by Crippen LogP contribution is 2.47. The minimum absolute atomic E-state index is 0.107. The number of aromatic hydroxyl groups is 1. The molecule has 6 nitrogen and oxygen atoms in total. The third-order valence-corrected chi connectivity index (χ3v) is 3.48. The number of hydrogen-bond acceptors (Lipinski definition) is 5. The van der Waals surface area contributed by atoms with Gasteiger partial charge < -0.3 is 24.4 Å². The van der Waals surface area contributed by atoms with Crippen molar-refractivity contribution in [1.82, 2.24) is 0 Å². The summed E-state index contributed by atoms with van der Waals surface area (Å²) >= 11 is 0. The summed E-state index contributed by atoms with van der Waals surface area (Å²) in [6, 6.07) is 0. The predicted octanol–water partition coefficient (Wildman–Crippen LogP) is 4.42. The van der Waals surface area contributed by atoms with Gasteiger partial charge in [0, 0.05) is 11.1 Å². The number of ether oxygens (including phenoxy) is 3. The van der Waals surface area contributed by atoms with E-state index < -0.39 is 6.16 Å². The maximum Gasteiger partial charge on any atom is 0.511 e. The van der Waals surface area contributed by atoms with E-state index in [0.29, 0.717) is 35.8 Å². The minimum Gasteiger partial charge on any atom is -0.504 e. The lowest BCUT2D eigenvalue weighted by Crippen LogP contribution is -2.09. The average Bonchev–Trinajstić information content (AvgIpc) is 2.51. The molecule has 6 heteroatoms. The van der Waals surface area contributed by atoms with Gasteiger partial charge in [-0.25, -0.2) is 4.79 Å². The SMILES string of the molecule is CCCCOc1c(C)c(O)c(OC(=O)O)c(C)c1OCCCC. The van der Waals surface area contributed by atoms with E-state index >= 15 is 0 Å². The molecule has 1 rings (SSSR count). The minimum atomic E-state index is -1.48. The van der Waals surface area contributed by atoms with Crippen LogP contribution >= 0.6 is 0 Å². The molecule has 0 aliphatic heterocycles. The zero-order chi connectivity index (χ0) is 17.4. The number of phenols is 1. The lowest BCUT2D eigenvalue weighted by Gasteiger charge is -2.20. The Morgan fingerprint density at radius 2 is 1.39 bits per heavy atom. The van der Waals surface area contributed by atoms with Crippen LogP contribution in [0.1, 0.15) is 50.7 Å². The molecule has 0 saturated heterocycles. The Bertz CT molecular complexity index is 539. The van der Waals surface area contributed by atoms with Crippen LogP contribution in [0.25, 0.3) is 0 Å². The predicted molar refractivity (Wildman–Crippen MR) is 87.0 cm³/mol. The van der Waals surface area contributed by atoms with Gasteiger partial charge in [0.1, 0.15) is 0 Å². The molecule has 0 bridgehead atoms. The zero-order valence-electron chi connectivity index (χ0n) is 14.3. The molecule has 0 amide bonds. The van der Waals surface area contributed by atoms with Gasteiger partial charge in [0.2, 0.25) is 0 Å². The van der Waals surface area contributed by atoms with Gasteiger partial charge in [-0.3, -0.25) is 0 Å². The van der Waals surface area contributed by atoms with Crippen LogP contribution in [0.2, 0.25) is 0 Å². The molecule has 1 aromatic carbocycles. The Hall–Kier alpha value is -2.11. The first-order valence-corrected chi connectivity index (χ1v) is 7.96. The van der Waals surface area contributed by atoms with Crippen LogP contribution in [0.4, 0.5) is 4.79 Å². The summed E-state index contributed by atoms with van der Waals surface area (Å²) in [7, 11) is 0. The number of unbranched alkanes of at least 4 members (excludes halogenated alkanes) is 2. The van der Waals surface area contributed by atoms with Crippen molar-refractivity contribution < 1.29 is 29.2 Å². The molecule has 0 aromatic heterocycles. The van der Waals surface area contributed by atoms with E-state index in [-0.39, 0.29) is 11.5 Å². The monoisotopic (exact) mass is 326 g/mol. The summed E-state index contributed by atoms with van der Waals surface area (Å²) in [5.41, 5.74) is 0.826. The summed E-state index contributed by atoms with van der Waals surface area (Å²) in [5.74, 6) is 0.534. The Labute approximate surface area is 137 Å². The van der Waals surface area contributed by atoms with Crippen LogP contribution in [-0.2, 0) is 0 Å². The number of phenolic OH excluding ortho intramolecular Hbond substituents is 1. The normalized spacial score (nSPS) is 10.4. The second-order valence-electron chi connectivity index (χ2n) is 5.36. The molecule has 0 fully saturated rings. The summed E-state index contributed by atoms with van der Waals surface area (Å²) in [4.78, 5) is 10.8. The molecule has 0 spiro atoms. The van der Waals surface area contributed by atoms with Gasteiger partial charge in [0.15, 0.2) is 23.0 Å². The summed E-state index contributed by atoms with van der Waals surface area (Å²) in [6.07, 6.45) is 2.21. The second kappa shape index (κ2) is 9.12. The standard InChI is InChI=1S/C17H26O6/c1-5-7-9-21-15-11(3)13(18)14(23-17(19)20)12(4)16(15)22-10-8-6-2/h18H,5-10H2,1-4H3,(H,19,20). The van der Waals surface area contributed by atoms with Crippen LogP contribution < -0.4 is 14.2 Å².